The number of amides is 2. The summed E-state index contributed by atoms with van der Waals surface area (Å²) >= 11 is 0. The fourth-order valence-electron chi connectivity index (χ4n) is 3.04. The Kier molecular flexibility index (Phi) is 11.8. The van der Waals surface area contributed by atoms with Crippen LogP contribution in [-0.4, -0.2) is 53.3 Å². The first-order valence-electron chi connectivity index (χ1n) is 10.1. The molecular formula is C21H33N4O4. The number of aromatic hydroxyl groups is 1. The van der Waals surface area contributed by atoms with Gasteiger partial charge in [0.05, 0.1) is 6.04 Å². The molecule has 161 valence electrons. The molecule has 1 rings (SSSR count). The van der Waals surface area contributed by atoms with Crippen molar-refractivity contribution in [3.63, 3.8) is 0 Å². The van der Waals surface area contributed by atoms with E-state index < -0.39 is 23.9 Å². The fraction of sp³-hybridized carbons (Fsp3) is 0.571. The lowest BCUT2D eigenvalue weighted by Crippen LogP contribution is -2.52. The number of unbranched alkanes of at least 4 members (excludes halogenated alkanes) is 3. The van der Waals surface area contributed by atoms with Crippen molar-refractivity contribution in [3.05, 3.63) is 29.8 Å². The van der Waals surface area contributed by atoms with Crippen LogP contribution in [0.2, 0.25) is 0 Å². The number of rotatable bonds is 14. The largest absolute Gasteiger partial charge is 0.508 e. The lowest BCUT2D eigenvalue weighted by atomic mass is 10.0. The predicted octanol–water partition coefficient (Wildman–Crippen LogP) is 0.744. The van der Waals surface area contributed by atoms with E-state index in [1.165, 1.54) is 12.1 Å². The number of carbonyl (C=O) groups is 2. The van der Waals surface area contributed by atoms with Gasteiger partial charge in [-0.1, -0.05) is 18.6 Å². The summed E-state index contributed by atoms with van der Waals surface area (Å²) in [6, 6.07) is 4.36. The summed E-state index contributed by atoms with van der Waals surface area (Å²) in [5, 5.41) is 9.38. The summed E-state index contributed by atoms with van der Waals surface area (Å²) in [5.41, 5.74) is 17.8. The van der Waals surface area contributed by atoms with Gasteiger partial charge in [-0.05, 0) is 69.3 Å². The zero-order valence-electron chi connectivity index (χ0n) is 16.9. The number of nitrogens with two attached hydrogens (primary N) is 3. The molecule has 7 N–H and O–H groups in total. The summed E-state index contributed by atoms with van der Waals surface area (Å²) in [5.74, 6) is -0.907. The van der Waals surface area contributed by atoms with Crippen LogP contribution < -0.4 is 17.2 Å². The molecule has 0 aromatic heterocycles. The molecule has 2 atom stereocenters. The van der Waals surface area contributed by atoms with Crippen LogP contribution in [0.5, 0.6) is 5.75 Å². The number of phenolic OH excluding ortho intramolecular Hbond substituents is 1. The van der Waals surface area contributed by atoms with Gasteiger partial charge in [-0.2, -0.15) is 0 Å². The quantitative estimate of drug-likeness (QED) is 0.333. The van der Waals surface area contributed by atoms with E-state index in [0.717, 1.165) is 23.3 Å². The molecule has 8 heteroatoms. The van der Waals surface area contributed by atoms with Crippen LogP contribution in [-0.2, 0) is 20.8 Å². The van der Waals surface area contributed by atoms with Crippen molar-refractivity contribution in [2.75, 3.05) is 13.1 Å². The number of phenols is 1. The third-order valence-corrected chi connectivity index (χ3v) is 4.69. The Labute approximate surface area is 172 Å². The molecule has 1 radical (unpaired) electrons. The van der Waals surface area contributed by atoms with Crippen molar-refractivity contribution in [2.24, 2.45) is 17.2 Å². The van der Waals surface area contributed by atoms with Crippen molar-refractivity contribution < 1.29 is 19.5 Å². The molecule has 0 aliphatic carbocycles. The van der Waals surface area contributed by atoms with Gasteiger partial charge >= 0.3 is 0 Å². The zero-order chi connectivity index (χ0) is 21.6. The van der Waals surface area contributed by atoms with Gasteiger partial charge in [0.15, 0.2) is 0 Å². The Balaban J connectivity index is 2.90. The lowest BCUT2D eigenvalue weighted by molar-refractivity contribution is -0.147. The topological polar surface area (TPSA) is 153 Å². The molecule has 1 aromatic rings. The SMILES string of the molecule is NCCCCCC(=O)N(C(=O)[C@@H](N)Cc1ccc(O)cc1)[C@H]([C]=O)CCCCN. The number of hydrogen-bond acceptors (Lipinski definition) is 7. The highest BCUT2D eigenvalue weighted by Gasteiger charge is 2.32. The molecule has 0 fully saturated rings. The maximum atomic E-state index is 13.0. The molecule has 0 aliphatic heterocycles. The van der Waals surface area contributed by atoms with E-state index >= 15 is 0 Å². The summed E-state index contributed by atoms with van der Waals surface area (Å²) < 4.78 is 0. The molecule has 0 spiro atoms. The summed E-state index contributed by atoms with van der Waals surface area (Å²) in [6.07, 6.45) is 5.92. The van der Waals surface area contributed by atoms with Crippen LogP contribution in [0.25, 0.3) is 0 Å². The molecular weight excluding hydrogens is 372 g/mol. The van der Waals surface area contributed by atoms with Gasteiger partial charge < -0.3 is 22.3 Å². The van der Waals surface area contributed by atoms with Crippen molar-refractivity contribution in [2.45, 2.75) is 63.5 Å². The number of carbonyl (C=O) groups excluding carboxylic acids is 3. The van der Waals surface area contributed by atoms with Gasteiger partial charge in [0.1, 0.15) is 11.8 Å². The average Bonchev–Trinajstić information content (AvgIpc) is 2.71. The molecule has 8 nitrogen and oxygen atoms in total. The molecule has 0 aliphatic rings. The minimum Gasteiger partial charge on any atom is -0.508 e. The molecule has 1 aromatic carbocycles. The first kappa shape index (κ1) is 24.7. The Morgan fingerprint density at radius 3 is 2.21 bits per heavy atom. The predicted molar refractivity (Wildman–Crippen MR) is 112 cm³/mol. The van der Waals surface area contributed by atoms with Gasteiger partial charge in [-0.15, -0.1) is 0 Å². The molecule has 0 heterocycles. The van der Waals surface area contributed by atoms with Crippen LogP contribution in [0.3, 0.4) is 0 Å². The minimum atomic E-state index is -0.988. The monoisotopic (exact) mass is 405 g/mol. The maximum absolute atomic E-state index is 13.0. The second-order valence-electron chi connectivity index (χ2n) is 7.10. The van der Waals surface area contributed by atoms with Crippen LogP contribution in [0.1, 0.15) is 50.5 Å². The van der Waals surface area contributed by atoms with Crippen LogP contribution in [0.4, 0.5) is 0 Å². The zero-order valence-corrected chi connectivity index (χ0v) is 16.9. The average molecular weight is 406 g/mol. The highest BCUT2D eigenvalue weighted by molar-refractivity contribution is 6.00. The molecule has 0 unspecified atom stereocenters. The Hall–Kier alpha value is -2.29. The third-order valence-electron chi connectivity index (χ3n) is 4.69. The summed E-state index contributed by atoms with van der Waals surface area (Å²) in [6.45, 7) is 1.01. The molecule has 0 saturated carbocycles. The van der Waals surface area contributed by atoms with Gasteiger partial charge in [0.2, 0.25) is 18.1 Å². The first-order chi connectivity index (χ1) is 13.9. The van der Waals surface area contributed by atoms with E-state index in [0.29, 0.717) is 38.8 Å². The van der Waals surface area contributed by atoms with Crippen LogP contribution >= 0.6 is 0 Å². The number of hydrogen-bond donors (Lipinski definition) is 4. The Morgan fingerprint density at radius 2 is 1.62 bits per heavy atom. The van der Waals surface area contributed by atoms with E-state index in [2.05, 4.69) is 0 Å². The second-order valence-corrected chi connectivity index (χ2v) is 7.10. The Morgan fingerprint density at radius 1 is 1.00 bits per heavy atom. The smallest absolute Gasteiger partial charge is 0.247 e. The fourth-order valence-corrected chi connectivity index (χ4v) is 3.04. The van der Waals surface area contributed by atoms with Gasteiger partial charge in [0.25, 0.3) is 0 Å². The van der Waals surface area contributed by atoms with Crippen molar-refractivity contribution in [1.82, 2.24) is 4.90 Å². The van der Waals surface area contributed by atoms with Crippen LogP contribution in [0.15, 0.2) is 24.3 Å². The molecule has 29 heavy (non-hydrogen) atoms. The number of imide groups is 1. The highest BCUT2D eigenvalue weighted by Crippen LogP contribution is 2.16. The van der Waals surface area contributed by atoms with E-state index in [4.69, 9.17) is 17.2 Å². The van der Waals surface area contributed by atoms with Gasteiger partial charge in [-0.25, -0.2) is 0 Å². The van der Waals surface area contributed by atoms with Crippen molar-refractivity contribution in [3.8, 4) is 5.75 Å². The normalized spacial score (nSPS) is 12.9. The van der Waals surface area contributed by atoms with Gasteiger partial charge in [0, 0.05) is 6.42 Å². The van der Waals surface area contributed by atoms with Crippen molar-refractivity contribution >= 4 is 18.1 Å². The van der Waals surface area contributed by atoms with Gasteiger partial charge in [-0.3, -0.25) is 19.3 Å². The van der Waals surface area contributed by atoms with E-state index in [1.54, 1.807) is 12.1 Å². The third kappa shape index (κ3) is 8.72. The van der Waals surface area contributed by atoms with E-state index in [1.807, 2.05) is 6.29 Å². The summed E-state index contributed by atoms with van der Waals surface area (Å²) in [7, 11) is 0. The van der Waals surface area contributed by atoms with E-state index in [9.17, 15) is 19.5 Å². The summed E-state index contributed by atoms with van der Waals surface area (Å²) in [4.78, 5) is 38.3. The lowest BCUT2D eigenvalue weighted by Gasteiger charge is -2.28. The Bertz CT molecular complexity index is 636. The number of benzene rings is 1. The minimum absolute atomic E-state index is 0.110. The molecule has 2 amide bonds. The number of nitrogens with zero attached hydrogens (tertiary/aromatic N) is 1. The highest BCUT2D eigenvalue weighted by atomic mass is 16.3. The second kappa shape index (κ2) is 13.8. The molecule has 0 saturated heterocycles. The van der Waals surface area contributed by atoms with Crippen LogP contribution in [0, 0.1) is 0 Å². The van der Waals surface area contributed by atoms with E-state index in [-0.39, 0.29) is 18.6 Å². The molecule has 0 bridgehead atoms. The first-order valence-corrected chi connectivity index (χ1v) is 10.1. The maximum Gasteiger partial charge on any atom is 0.247 e. The van der Waals surface area contributed by atoms with Crippen molar-refractivity contribution in [1.29, 1.82) is 0 Å². The standard InChI is InChI=1S/C21H33N4O4/c22-12-4-1-2-7-20(28)25(17(15-26)6-3-5-13-23)21(29)19(24)14-16-8-10-18(27)11-9-16/h8-11,17,19,27H,1-7,12-14,22-24H2/t17-,19-/m0/s1.